The Hall–Kier alpha value is -3.04. The highest BCUT2D eigenvalue weighted by atomic mass is 32.2. The molecule has 28 heavy (non-hydrogen) atoms. The summed E-state index contributed by atoms with van der Waals surface area (Å²) in [6, 6.07) is 16.3. The molecular formula is C19H16N4O3S2. The van der Waals surface area contributed by atoms with Gasteiger partial charge in [-0.05, 0) is 12.1 Å². The Morgan fingerprint density at radius 3 is 2.68 bits per heavy atom. The second-order valence-electron chi connectivity index (χ2n) is 6.03. The van der Waals surface area contributed by atoms with E-state index in [1.54, 1.807) is 18.2 Å². The number of carbonyl (C=O) groups excluding carboxylic acids is 1. The van der Waals surface area contributed by atoms with Crippen LogP contribution in [0.15, 0.2) is 69.9 Å². The Kier molecular flexibility index (Phi) is 4.93. The normalized spacial score (nSPS) is 15.8. The first-order valence-corrected chi connectivity index (χ1v) is 10.9. The molecule has 0 saturated heterocycles. The number of amidine groups is 1. The monoisotopic (exact) mass is 412 g/mol. The van der Waals surface area contributed by atoms with Gasteiger partial charge in [-0.3, -0.25) is 14.5 Å². The van der Waals surface area contributed by atoms with E-state index in [2.05, 4.69) is 20.0 Å². The van der Waals surface area contributed by atoms with E-state index >= 15 is 0 Å². The Morgan fingerprint density at radius 1 is 1.11 bits per heavy atom. The summed E-state index contributed by atoms with van der Waals surface area (Å²) in [6.45, 7) is 0.162. The summed E-state index contributed by atoms with van der Waals surface area (Å²) in [6.07, 6.45) is 0.119. The number of nitrogens with zero attached hydrogens (tertiary/aromatic N) is 2. The molecule has 2 aromatic carbocycles. The number of carbonyl (C=O) groups is 1. The maximum absolute atomic E-state index is 12.2. The molecule has 0 bridgehead atoms. The number of anilines is 1. The standard InChI is InChI=1S/C19H16N4O3S2/c24-17(22-19-21-15(12-27-19)13-6-2-1-3-7-13)10-11-20-18-14-8-4-5-9-16(14)28(25,26)23-18/h1-9,12H,10-11H2,(H,20,23)(H,21,22,24). The number of nitrogens with one attached hydrogen (secondary N) is 2. The summed E-state index contributed by atoms with van der Waals surface area (Å²) in [5, 5.41) is 5.15. The minimum absolute atomic E-state index is 0.119. The van der Waals surface area contributed by atoms with Crippen LogP contribution >= 0.6 is 11.3 Å². The van der Waals surface area contributed by atoms with Crippen molar-refractivity contribution in [2.45, 2.75) is 11.3 Å². The molecule has 0 atom stereocenters. The third-order valence-corrected chi connectivity index (χ3v) is 6.25. The molecule has 0 aliphatic carbocycles. The van der Waals surface area contributed by atoms with Crippen molar-refractivity contribution in [2.24, 2.45) is 4.99 Å². The topological polar surface area (TPSA) is 101 Å². The van der Waals surface area contributed by atoms with Crippen molar-refractivity contribution in [3.63, 3.8) is 0 Å². The number of fused-ring (bicyclic) bond motifs is 1. The van der Waals surface area contributed by atoms with Gasteiger partial charge in [0.1, 0.15) is 5.84 Å². The molecule has 1 aliphatic heterocycles. The van der Waals surface area contributed by atoms with Crippen LogP contribution in [0.5, 0.6) is 0 Å². The van der Waals surface area contributed by atoms with Crippen molar-refractivity contribution in [3.8, 4) is 11.3 Å². The highest BCUT2D eigenvalue weighted by molar-refractivity contribution is 7.90. The van der Waals surface area contributed by atoms with Crippen LogP contribution in [0.2, 0.25) is 0 Å². The minimum atomic E-state index is -3.57. The summed E-state index contributed by atoms with van der Waals surface area (Å²) >= 11 is 1.35. The zero-order valence-corrected chi connectivity index (χ0v) is 16.3. The molecule has 0 radical (unpaired) electrons. The van der Waals surface area contributed by atoms with Crippen LogP contribution in [0.1, 0.15) is 12.0 Å². The van der Waals surface area contributed by atoms with Gasteiger partial charge in [0.25, 0.3) is 10.0 Å². The number of benzene rings is 2. The number of aromatic nitrogens is 1. The molecule has 1 aromatic heterocycles. The first-order chi connectivity index (χ1) is 13.5. The van der Waals surface area contributed by atoms with Gasteiger partial charge in [0.05, 0.1) is 17.1 Å². The molecule has 9 heteroatoms. The molecule has 2 N–H and O–H groups in total. The van der Waals surface area contributed by atoms with Crippen LogP contribution in [0.25, 0.3) is 11.3 Å². The van der Waals surface area contributed by atoms with Crippen LogP contribution in [0.3, 0.4) is 0 Å². The summed E-state index contributed by atoms with van der Waals surface area (Å²) in [7, 11) is -3.57. The number of rotatable bonds is 5. The predicted molar refractivity (Wildman–Crippen MR) is 109 cm³/mol. The fraction of sp³-hybridized carbons (Fsp3) is 0.105. The minimum Gasteiger partial charge on any atom is -0.302 e. The Balaban J connectivity index is 1.37. The number of hydrogen-bond acceptors (Lipinski definition) is 6. The lowest BCUT2D eigenvalue weighted by molar-refractivity contribution is -0.116. The van der Waals surface area contributed by atoms with Crippen molar-refractivity contribution in [2.75, 3.05) is 11.9 Å². The van der Waals surface area contributed by atoms with Crippen LogP contribution in [-0.2, 0) is 14.8 Å². The van der Waals surface area contributed by atoms with Crippen molar-refractivity contribution in [1.29, 1.82) is 0 Å². The molecule has 2 heterocycles. The Morgan fingerprint density at radius 2 is 1.86 bits per heavy atom. The largest absolute Gasteiger partial charge is 0.302 e. The summed E-state index contributed by atoms with van der Waals surface area (Å²) < 4.78 is 26.5. The van der Waals surface area contributed by atoms with Gasteiger partial charge in [-0.2, -0.15) is 0 Å². The van der Waals surface area contributed by atoms with Crippen LogP contribution in [-0.4, -0.2) is 31.7 Å². The van der Waals surface area contributed by atoms with Gasteiger partial charge < -0.3 is 5.32 Å². The van der Waals surface area contributed by atoms with E-state index in [1.165, 1.54) is 17.4 Å². The Bertz CT molecular complexity index is 1150. The third-order valence-electron chi connectivity index (χ3n) is 4.09. The molecule has 0 saturated carbocycles. The highest BCUT2D eigenvalue weighted by Gasteiger charge is 2.29. The van der Waals surface area contributed by atoms with Crippen molar-refractivity contribution in [1.82, 2.24) is 9.71 Å². The zero-order chi connectivity index (χ0) is 19.6. The van der Waals surface area contributed by atoms with Crippen LogP contribution in [0.4, 0.5) is 5.13 Å². The number of hydrogen-bond donors (Lipinski definition) is 2. The lowest BCUT2D eigenvalue weighted by atomic mass is 10.2. The lowest BCUT2D eigenvalue weighted by Gasteiger charge is -2.01. The van der Waals surface area contributed by atoms with E-state index < -0.39 is 10.0 Å². The predicted octanol–water partition coefficient (Wildman–Crippen LogP) is 2.88. The molecule has 7 nitrogen and oxygen atoms in total. The highest BCUT2D eigenvalue weighted by Crippen LogP contribution is 2.25. The van der Waals surface area contributed by atoms with E-state index in [4.69, 9.17) is 0 Å². The van der Waals surface area contributed by atoms with Gasteiger partial charge in [-0.25, -0.2) is 13.4 Å². The van der Waals surface area contributed by atoms with Crippen molar-refractivity contribution < 1.29 is 13.2 Å². The van der Waals surface area contributed by atoms with Gasteiger partial charge >= 0.3 is 0 Å². The molecular weight excluding hydrogens is 396 g/mol. The van der Waals surface area contributed by atoms with E-state index in [0.29, 0.717) is 10.7 Å². The van der Waals surface area contributed by atoms with Gasteiger partial charge in [0.15, 0.2) is 5.13 Å². The van der Waals surface area contributed by atoms with Gasteiger partial charge in [-0.15, -0.1) is 11.3 Å². The molecule has 0 unspecified atom stereocenters. The molecule has 4 rings (SSSR count). The maximum atomic E-state index is 12.2. The molecule has 0 fully saturated rings. The molecule has 3 aromatic rings. The summed E-state index contributed by atoms with van der Waals surface area (Å²) in [5.74, 6) is 0.0384. The van der Waals surface area contributed by atoms with E-state index in [1.807, 2.05) is 35.7 Å². The number of amides is 1. The second-order valence-corrected chi connectivity index (χ2v) is 8.54. The Labute approximate surface area is 166 Å². The number of aliphatic imine (C=N–C) groups is 1. The maximum Gasteiger partial charge on any atom is 0.263 e. The fourth-order valence-electron chi connectivity index (χ4n) is 2.77. The molecule has 142 valence electrons. The van der Waals surface area contributed by atoms with Gasteiger partial charge in [-0.1, -0.05) is 42.5 Å². The fourth-order valence-corrected chi connectivity index (χ4v) is 4.76. The first kappa shape index (κ1) is 18.3. The smallest absolute Gasteiger partial charge is 0.263 e. The average molecular weight is 412 g/mol. The zero-order valence-electron chi connectivity index (χ0n) is 14.6. The molecule has 1 aliphatic rings. The van der Waals surface area contributed by atoms with E-state index in [0.717, 1.165) is 11.3 Å². The second kappa shape index (κ2) is 7.53. The number of thiazole rings is 1. The van der Waals surface area contributed by atoms with Crippen LogP contribution in [0, 0.1) is 0 Å². The summed E-state index contributed by atoms with van der Waals surface area (Å²) in [5.41, 5.74) is 2.31. The van der Waals surface area contributed by atoms with Crippen LogP contribution < -0.4 is 10.0 Å². The third kappa shape index (κ3) is 3.80. The summed E-state index contributed by atoms with van der Waals surface area (Å²) in [4.78, 5) is 21.0. The first-order valence-electron chi connectivity index (χ1n) is 8.50. The van der Waals surface area contributed by atoms with Crippen molar-refractivity contribution >= 4 is 38.2 Å². The molecule has 0 spiro atoms. The average Bonchev–Trinajstić information content (AvgIpc) is 3.25. The van der Waals surface area contributed by atoms with Gasteiger partial charge in [0.2, 0.25) is 5.91 Å². The van der Waals surface area contributed by atoms with Crippen molar-refractivity contribution in [3.05, 3.63) is 65.5 Å². The lowest BCUT2D eigenvalue weighted by Crippen LogP contribution is -2.23. The number of sulfonamides is 1. The van der Waals surface area contributed by atoms with E-state index in [-0.39, 0.29) is 29.6 Å². The SMILES string of the molecule is O=C(CCN=C1NS(=O)(=O)c2ccccc21)Nc1nc(-c2ccccc2)cs1. The van der Waals surface area contributed by atoms with Gasteiger partial charge in [0, 0.05) is 22.9 Å². The molecule has 1 amide bonds. The quantitative estimate of drug-likeness (QED) is 0.673. The van der Waals surface area contributed by atoms with E-state index in [9.17, 15) is 13.2 Å².